The number of nitrogens with one attached hydrogen (secondary N) is 1. The number of sulfone groups is 1. The highest BCUT2D eigenvalue weighted by molar-refractivity contribution is 7.90. The fourth-order valence-electron chi connectivity index (χ4n) is 3.93. The third-order valence-electron chi connectivity index (χ3n) is 5.56. The summed E-state index contributed by atoms with van der Waals surface area (Å²) in [7, 11) is -3.35. The molecular formula is C24H16F3N3O3S. The van der Waals surface area contributed by atoms with E-state index < -0.39 is 27.3 Å². The van der Waals surface area contributed by atoms with Gasteiger partial charge in [0.15, 0.2) is 9.84 Å². The number of imidazole rings is 1. The minimum atomic E-state index is -4.55. The number of rotatable bonds is 3. The SMILES string of the molecule is CS(=O)(=O)c1ccc(-c2ccc3ncc4[nH]c(=O)n(-c5cccc(C(F)(F)F)c5)c4c3c2)cc1. The molecule has 6 nitrogen and oxygen atoms in total. The normalized spacial score (nSPS) is 12.5. The van der Waals surface area contributed by atoms with Gasteiger partial charge in [0.05, 0.1) is 38.9 Å². The second kappa shape index (κ2) is 7.56. The molecule has 2 aromatic heterocycles. The zero-order chi connectivity index (χ0) is 24.3. The Hall–Kier alpha value is -3.92. The molecule has 0 saturated carbocycles. The first-order valence-electron chi connectivity index (χ1n) is 10.0. The van der Waals surface area contributed by atoms with Crippen LogP contribution >= 0.6 is 0 Å². The number of hydrogen-bond acceptors (Lipinski definition) is 4. The van der Waals surface area contributed by atoms with Crippen molar-refractivity contribution in [2.45, 2.75) is 11.1 Å². The zero-order valence-corrected chi connectivity index (χ0v) is 18.4. The Bertz CT molecular complexity index is 1740. The van der Waals surface area contributed by atoms with Gasteiger partial charge in [-0.1, -0.05) is 24.3 Å². The van der Waals surface area contributed by atoms with E-state index in [1.807, 2.05) is 0 Å². The number of pyridine rings is 1. The van der Waals surface area contributed by atoms with Crippen LogP contribution in [-0.4, -0.2) is 29.2 Å². The van der Waals surface area contributed by atoms with Crippen molar-refractivity contribution in [3.05, 3.63) is 89.0 Å². The van der Waals surface area contributed by atoms with Gasteiger partial charge in [-0.25, -0.2) is 13.2 Å². The molecule has 0 amide bonds. The van der Waals surface area contributed by atoms with Crippen molar-refractivity contribution in [2.75, 3.05) is 6.26 Å². The Labute approximate surface area is 191 Å². The highest BCUT2D eigenvalue weighted by Gasteiger charge is 2.30. The van der Waals surface area contributed by atoms with Crippen LogP contribution in [0.3, 0.4) is 0 Å². The van der Waals surface area contributed by atoms with Crippen LogP contribution < -0.4 is 5.69 Å². The number of fused-ring (bicyclic) bond motifs is 3. The van der Waals surface area contributed by atoms with Gasteiger partial charge in [-0.05, 0) is 53.6 Å². The average Bonchev–Trinajstić information content (AvgIpc) is 3.14. The monoisotopic (exact) mass is 483 g/mol. The fraction of sp³-hybridized carbons (Fsp3) is 0.0833. The first kappa shape index (κ1) is 21.9. The Morgan fingerprint density at radius 3 is 2.32 bits per heavy atom. The van der Waals surface area contributed by atoms with Crippen molar-refractivity contribution in [3.8, 4) is 16.8 Å². The highest BCUT2D eigenvalue weighted by Crippen LogP contribution is 2.32. The average molecular weight is 483 g/mol. The molecule has 0 atom stereocenters. The number of benzene rings is 3. The molecule has 0 spiro atoms. The highest BCUT2D eigenvalue weighted by atomic mass is 32.2. The molecule has 1 N–H and O–H groups in total. The molecule has 2 heterocycles. The van der Waals surface area contributed by atoms with Crippen LogP contribution in [0.5, 0.6) is 0 Å². The van der Waals surface area contributed by atoms with Crippen molar-refractivity contribution in [1.29, 1.82) is 0 Å². The van der Waals surface area contributed by atoms with Crippen LogP contribution in [0.15, 0.2) is 82.6 Å². The van der Waals surface area contributed by atoms with Crippen molar-refractivity contribution in [3.63, 3.8) is 0 Å². The predicted molar refractivity (Wildman–Crippen MR) is 123 cm³/mol. The molecule has 3 aromatic carbocycles. The summed E-state index contributed by atoms with van der Waals surface area (Å²) in [6.07, 6.45) is -1.97. The van der Waals surface area contributed by atoms with Crippen molar-refractivity contribution < 1.29 is 21.6 Å². The summed E-state index contributed by atoms with van der Waals surface area (Å²) in [5.74, 6) is 0. The minimum absolute atomic E-state index is 0.0708. The van der Waals surface area contributed by atoms with E-state index in [4.69, 9.17) is 0 Å². The van der Waals surface area contributed by atoms with E-state index >= 15 is 0 Å². The fourth-order valence-corrected chi connectivity index (χ4v) is 4.56. The quantitative estimate of drug-likeness (QED) is 0.393. The molecule has 0 unspecified atom stereocenters. The Morgan fingerprint density at radius 1 is 0.941 bits per heavy atom. The van der Waals surface area contributed by atoms with E-state index in [0.717, 1.165) is 29.5 Å². The van der Waals surface area contributed by atoms with Crippen LogP contribution in [-0.2, 0) is 16.0 Å². The van der Waals surface area contributed by atoms with Crippen molar-refractivity contribution in [1.82, 2.24) is 14.5 Å². The molecule has 5 rings (SSSR count). The van der Waals surface area contributed by atoms with Gasteiger partial charge in [0, 0.05) is 11.6 Å². The largest absolute Gasteiger partial charge is 0.416 e. The summed E-state index contributed by atoms with van der Waals surface area (Å²) in [4.78, 5) is 20.0. The number of nitrogens with zero attached hydrogens (tertiary/aromatic N) is 2. The van der Waals surface area contributed by atoms with Crippen molar-refractivity contribution >= 4 is 31.8 Å². The maximum Gasteiger partial charge on any atom is 0.416 e. The maximum atomic E-state index is 13.3. The molecule has 10 heteroatoms. The molecule has 0 fully saturated rings. The molecule has 34 heavy (non-hydrogen) atoms. The summed E-state index contributed by atoms with van der Waals surface area (Å²) >= 11 is 0. The van der Waals surface area contributed by atoms with Gasteiger partial charge < -0.3 is 4.98 Å². The van der Waals surface area contributed by atoms with Crippen LogP contribution in [0.1, 0.15) is 5.56 Å². The van der Waals surface area contributed by atoms with Gasteiger partial charge >= 0.3 is 11.9 Å². The third-order valence-corrected chi connectivity index (χ3v) is 6.68. The van der Waals surface area contributed by atoms with Crippen LogP contribution in [0.4, 0.5) is 13.2 Å². The van der Waals surface area contributed by atoms with E-state index in [2.05, 4.69) is 9.97 Å². The van der Waals surface area contributed by atoms with Crippen LogP contribution in [0.25, 0.3) is 38.8 Å². The Morgan fingerprint density at radius 2 is 1.65 bits per heavy atom. The number of H-pyrrole nitrogens is 1. The zero-order valence-electron chi connectivity index (χ0n) is 17.6. The summed E-state index contributed by atoms with van der Waals surface area (Å²) < 4.78 is 64.5. The predicted octanol–water partition coefficient (Wildman–Crippen LogP) is 4.96. The first-order valence-corrected chi connectivity index (χ1v) is 11.9. The number of alkyl halides is 3. The molecule has 172 valence electrons. The molecule has 0 aliphatic heterocycles. The summed E-state index contributed by atoms with van der Waals surface area (Å²) in [6, 6.07) is 16.2. The number of hydrogen-bond donors (Lipinski definition) is 1. The lowest BCUT2D eigenvalue weighted by Crippen LogP contribution is -2.15. The second-order valence-electron chi connectivity index (χ2n) is 7.86. The lowest BCUT2D eigenvalue weighted by atomic mass is 10.0. The van der Waals surface area contributed by atoms with Gasteiger partial charge in [-0.15, -0.1) is 0 Å². The van der Waals surface area contributed by atoms with Gasteiger partial charge in [0.1, 0.15) is 0 Å². The van der Waals surface area contributed by atoms with E-state index in [9.17, 15) is 26.4 Å². The molecule has 0 saturated heterocycles. The van der Waals surface area contributed by atoms with Crippen LogP contribution in [0.2, 0.25) is 0 Å². The van der Waals surface area contributed by atoms with Gasteiger partial charge in [0.25, 0.3) is 0 Å². The summed E-state index contributed by atoms with van der Waals surface area (Å²) in [5, 5.41) is 0.554. The Kier molecular flexibility index (Phi) is 4.87. The molecule has 0 bridgehead atoms. The standard InChI is InChI=1S/C24H16F3N3O3S/c1-34(32,33)18-8-5-14(6-9-18)15-7-10-20-19(11-15)22-21(13-28-20)29-23(31)30(22)17-4-2-3-16(12-17)24(25,26)27/h2-13H,1H3,(H,29,31). The maximum absolute atomic E-state index is 13.3. The number of halogens is 3. The van der Waals surface area contributed by atoms with Gasteiger partial charge in [0.2, 0.25) is 0 Å². The van der Waals surface area contributed by atoms with E-state index in [1.165, 1.54) is 35.0 Å². The second-order valence-corrected chi connectivity index (χ2v) is 9.88. The van der Waals surface area contributed by atoms with Crippen LogP contribution in [0, 0.1) is 0 Å². The van der Waals surface area contributed by atoms with E-state index in [0.29, 0.717) is 21.9 Å². The molecular weight excluding hydrogens is 467 g/mol. The Balaban J connectivity index is 1.74. The topological polar surface area (TPSA) is 84.8 Å². The lowest BCUT2D eigenvalue weighted by Gasteiger charge is -2.11. The third kappa shape index (κ3) is 3.75. The first-order chi connectivity index (χ1) is 16.0. The number of aromatic nitrogens is 3. The van der Waals surface area contributed by atoms with Gasteiger partial charge in [-0.2, -0.15) is 13.2 Å². The van der Waals surface area contributed by atoms with E-state index in [-0.39, 0.29) is 10.6 Å². The minimum Gasteiger partial charge on any atom is -0.304 e. The molecule has 5 aromatic rings. The summed E-state index contributed by atoms with van der Waals surface area (Å²) in [6.45, 7) is 0. The molecule has 0 radical (unpaired) electrons. The number of aromatic amines is 1. The lowest BCUT2D eigenvalue weighted by molar-refractivity contribution is -0.137. The van der Waals surface area contributed by atoms with Crippen molar-refractivity contribution in [2.24, 2.45) is 0 Å². The van der Waals surface area contributed by atoms with Gasteiger partial charge in [-0.3, -0.25) is 9.55 Å². The summed E-state index contributed by atoms with van der Waals surface area (Å²) in [5.41, 5.74) is 1.39. The smallest absolute Gasteiger partial charge is 0.304 e. The molecule has 0 aliphatic carbocycles. The molecule has 0 aliphatic rings. The van der Waals surface area contributed by atoms with E-state index in [1.54, 1.807) is 30.3 Å².